The number of aryl methyl sites for hydroxylation is 2. The Labute approximate surface area is 105 Å². The highest BCUT2D eigenvalue weighted by molar-refractivity contribution is 8.00. The van der Waals surface area contributed by atoms with E-state index in [4.69, 9.17) is 5.73 Å². The molecule has 17 heavy (non-hydrogen) atoms. The zero-order chi connectivity index (χ0) is 12.8. The maximum absolute atomic E-state index is 11.3. The summed E-state index contributed by atoms with van der Waals surface area (Å²) < 4.78 is 4.66. The minimum Gasteiger partial charge on any atom is -0.455 e. The van der Waals surface area contributed by atoms with Crippen molar-refractivity contribution in [2.75, 3.05) is 12.4 Å². The first kappa shape index (κ1) is 13.6. The molecule has 0 radical (unpaired) electrons. The van der Waals surface area contributed by atoms with Crippen LogP contribution in [0.1, 0.15) is 11.1 Å². The highest BCUT2D eigenvalue weighted by Gasteiger charge is 2.07. The smallest absolute Gasteiger partial charge is 0.316 e. The maximum Gasteiger partial charge on any atom is 0.316 e. The van der Waals surface area contributed by atoms with E-state index < -0.39 is 11.9 Å². The molecule has 0 atom stereocenters. The molecule has 0 heterocycles. The van der Waals surface area contributed by atoms with Gasteiger partial charge in [-0.15, -0.1) is 11.8 Å². The van der Waals surface area contributed by atoms with Crippen LogP contribution in [0.5, 0.6) is 0 Å². The van der Waals surface area contributed by atoms with Crippen LogP contribution in [0.3, 0.4) is 0 Å². The van der Waals surface area contributed by atoms with Crippen LogP contribution in [-0.4, -0.2) is 24.2 Å². The van der Waals surface area contributed by atoms with E-state index in [0.717, 1.165) is 16.0 Å². The van der Waals surface area contributed by atoms with Crippen LogP contribution < -0.4 is 5.73 Å². The third kappa shape index (κ3) is 4.91. The zero-order valence-electron chi connectivity index (χ0n) is 9.86. The Bertz CT molecular complexity index is 432. The van der Waals surface area contributed by atoms with Gasteiger partial charge in [-0.25, -0.2) is 0 Å². The van der Waals surface area contributed by atoms with Crippen molar-refractivity contribution in [3.8, 4) is 0 Å². The maximum atomic E-state index is 11.3. The lowest BCUT2D eigenvalue weighted by molar-refractivity contribution is -0.145. The molecule has 4 nitrogen and oxygen atoms in total. The van der Waals surface area contributed by atoms with Gasteiger partial charge < -0.3 is 10.5 Å². The molecule has 1 amide bonds. The molecule has 0 fully saturated rings. The second-order valence-corrected chi connectivity index (χ2v) is 4.70. The molecule has 0 aliphatic carbocycles. The summed E-state index contributed by atoms with van der Waals surface area (Å²) >= 11 is 1.39. The standard InChI is InChI=1S/C12H15NO3S/c1-8-3-4-9(2)10(5-8)17-7-12(15)16-6-11(13)14/h3-5H,6-7H2,1-2H3,(H2,13,14). The largest absolute Gasteiger partial charge is 0.455 e. The number of amides is 1. The monoisotopic (exact) mass is 253 g/mol. The van der Waals surface area contributed by atoms with Gasteiger partial charge in [0, 0.05) is 4.90 Å². The lowest BCUT2D eigenvalue weighted by Crippen LogP contribution is -2.21. The predicted octanol–water partition coefficient (Wildman–Crippen LogP) is 1.42. The summed E-state index contributed by atoms with van der Waals surface area (Å²) in [4.78, 5) is 22.7. The van der Waals surface area contributed by atoms with E-state index in [1.807, 2.05) is 32.0 Å². The van der Waals surface area contributed by atoms with E-state index in [1.165, 1.54) is 11.8 Å². The number of carbonyl (C=O) groups excluding carboxylic acids is 2. The molecule has 0 spiro atoms. The summed E-state index contributed by atoms with van der Waals surface area (Å²) in [6.07, 6.45) is 0. The fraction of sp³-hybridized carbons (Fsp3) is 0.333. The number of primary amides is 1. The SMILES string of the molecule is Cc1ccc(C)c(SCC(=O)OCC(N)=O)c1. The van der Waals surface area contributed by atoms with Crippen LogP contribution in [0, 0.1) is 13.8 Å². The van der Waals surface area contributed by atoms with Crippen LogP contribution in [0.4, 0.5) is 0 Å². The first-order valence-corrected chi connectivity index (χ1v) is 6.11. The Kier molecular flexibility index (Phi) is 5.03. The topological polar surface area (TPSA) is 69.4 Å². The molecule has 2 N–H and O–H groups in total. The van der Waals surface area contributed by atoms with E-state index in [1.54, 1.807) is 0 Å². The summed E-state index contributed by atoms with van der Waals surface area (Å²) in [5.74, 6) is -0.901. The lowest BCUT2D eigenvalue weighted by Gasteiger charge is -2.06. The van der Waals surface area contributed by atoms with Crippen molar-refractivity contribution in [1.29, 1.82) is 0 Å². The lowest BCUT2D eigenvalue weighted by atomic mass is 10.2. The number of thioether (sulfide) groups is 1. The number of nitrogens with two attached hydrogens (primary N) is 1. The van der Waals surface area contributed by atoms with Crippen molar-refractivity contribution in [1.82, 2.24) is 0 Å². The van der Waals surface area contributed by atoms with Crippen LogP contribution >= 0.6 is 11.8 Å². The molecular formula is C12H15NO3S. The molecule has 1 rings (SSSR count). The Morgan fingerprint density at radius 3 is 2.71 bits per heavy atom. The van der Waals surface area contributed by atoms with Gasteiger partial charge in [0.15, 0.2) is 6.61 Å². The average Bonchev–Trinajstić information content (AvgIpc) is 2.27. The number of hydrogen-bond acceptors (Lipinski definition) is 4. The van der Waals surface area contributed by atoms with Gasteiger partial charge >= 0.3 is 5.97 Å². The van der Waals surface area contributed by atoms with E-state index >= 15 is 0 Å². The predicted molar refractivity (Wildman–Crippen MR) is 66.8 cm³/mol. The molecule has 92 valence electrons. The third-order valence-electron chi connectivity index (χ3n) is 2.06. The minimum atomic E-state index is -0.643. The summed E-state index contributed by atoms with van der Waals surface area (Å²) in [6, 6.07) is 6.04. The van der Waals surface area contributed by atoms with E-state index in [0.29, 0.717) is 0 Å². The molecule has 0 aliphatic heterocycles. The van der Waals surface area contributed by atoms with Crippen molar-refractivity contribution < 1.29 is 14.3 Å². The Hall–Kier alpha value is -1.49. The normalized spacial score (nSPS) is 10.0. The second-order valence-electron chi connectivity index (χ2n) is 3.68. The van der Waals surface area contributed by atoms with Crippen LogP contribution in [0.2, 0.25) is 0 Å². The van der Waals surface area contributed by atoms with Gasteiger partial charge in [0.05, 0.1) is 5.75 Å². The molecule has 0 unspecified atom stereocenters. The molecule has 0 aliphatic rings. The molecule has 0 bridgehead atoms. The van der Waals surface area contributed by atoms with Gasteiger partial charge in [-0.05, 0) is 25.5 Å². The Balaban J connectivity index is 2.47. The van der Waals surface area contributed by atoms with Gasteiger partial charge in [0.1, 0.15) is 0 Å². The number of rotatable bonds is 5. The van der Waals surface area contributed by atoms with Gasteiger partial charge in [-0.1, -0.05) is 17.7 Å². The van der Waals surface area contributed by atoms with E-state index in [9.17, 15) is 9.59 Å². The van der Waals surface area contributed by atoms with Crippen molar-refractivity contribution >= 4 is 23.6 Å². The molecule has 1 aromatic carbocycles. The molecular weight excluding hydrogens is 238 g/mol. The summed E-state index contributed by atoms with van der Waals surface area (Å²) in [7, 11) is 0. The van der Waals surface area contributed by atoms with Gasteiger partial charge in [0.25, 0.3) is 5.91 Å². The fourth-order valence-corrected chi connectivity index (χ4v) is 2.11. The molecule has 0 saturated carbocycles. The molecule has 0 saturated heterocycles. The first-order chi connectivity index (χ1) is 7.99. The van der Waals surface area contributed by atoms with Crippen LogP contribution in [0.15, 0.2) is 23.1 Å². The van der Waals surface area contributed by atoms with Crippen LogP contribution in [-0.2, 0) is 14.3 Å². The Morgan fingerprint density at radius 2 is 2.06 bits per heavy atom. The average molecular weight is 253 g/mol. The van der Waals surface area contributed by atoms with Crippen LogP contribution in [0.25, 0.3) is 0 Å². The summed E-state index contributed by atoms with van der Waals surface area (Å²) in [6.45, 7) is 3.62. The quantitative estimate of drug-likeness (QED) is 0.636. The van der Waals surface area contributed by atoms with E-state index in [2.05, 4.69) is 4.74 Å². The van der Waals surface area contributed by atoms with Crippen molar-refractivity contribution in [3.05, 3.63) is 29.3 Å². The molecule has 5 heteroatoms. The number of ether oxygens (including phenoxy) is 1. The summed E-state index contributed by atoms with van der Waals surface area (Å²) in [5, 5.41) is 0. The highest BCUT2D eigenvalue weighted by atomic mass is 32.2. The zero-order valence-corrected chi connectivity index (χ0v) is 10.7. The molecule has 1 aromatic rings. The third-order valence-corrected chi connectivity index (χ3v) is 3.20. The highest BCUT2D eigenvalue weighted by Crippen LogP contribution is 2.23. The second kappa shape index (κ2) is 6.30. The van der Waals surface area contributed by atoms with Gasteiger partial charge in [0.2, 0.25) is 0 Å². The van der Waals surface area contributed by atoms with Crippen molar-refractivity contribution in [3.63, 3.8) is 0 Å². The first-order valence-electron chi connectivity index (χ1n) is 5.13. The number of carbonyl (C=O) groups is 2. The van der Waals surface area contributed by atoms with Gasteiger partial charge in [-0.2, -0.15) is 0 Å². The molecule has 0 aromatic heterocycles. The Morgan fingerprint density at radius 1 is 1.35 bits per heavy atom. The number of esters is 1. The van der Waals surface area contributed by atoms with Crippen molar-refractivity contribution in [2.24, 2.45) is 5.73 Å². The number of benzene rings is 1. The number of hydrogen-bond donors (Lipinski definition) is 1. The summed E-state index contributed by atoms with van der Waals surface area (Å²) in [5.41, 5.74) is 7.13. The fourth-order valence-electron chi connectivity index (χ4n) is 1.19. The van der Waals surface area contributed by atoms with Crippen molar-refractivity contribution in [2.45, 2.75) is 18.7 Å². The minimum absolute atomic E-state index is 0.178. The van der Waals surface area contributed by atoms with E-state index in [-0.39, 0.29) is 12.4 Å². The van der Waals surface area contributed by atoms with Gasteiger partial charge in [-0.3, -0.25) is 9.59 Å².